The van der Waals surface area contributed by atoms with Crippen molar-refractivity contribution in [2.45, 2.75) is 13.5 Å². The molecule has 0 aliphatic carbocycles. The zero-order chi connectivity index (χ0) is 17.6. The number of halogens is 2. The van der Waals surface area contributed by atoms with E-state index in [-0.39, 0.29) is 29.8 Å². The quantitative estimate of drug-likeness (QED) is 0.422. The number of benzene rings is 1. The van der Waals surface area contributed by atoms with Crippen LogP contribution in [0, 0.1) is 12.7 Å². The number of aryl methyl sites for hydroxylation is 1. The second-order valence-corrected chi connectivity index (χ2v) is 6.21. The highest BCUT2D eigenvalue weighted by atomic mass is 127. The largest absolute Gasteiger partial charge is 0.368 e. The van der Waals surface area contributed by atoms with Crippen molar-refractivity contribution >= 4 is 35.6 Å². The summed E-state index contributed by atoms with van der Waals surface area (Å²) in [5.41, 5.74) is 2.24. The monoisotopic (exact) mass is 472 g/mol. The molecule has 1 aliphatic heterocycles. The lowest BCUT2D eigenvalue weighted by Gasteiger charge is -2.37. The third-order valence-corrected chi connectivity index (χ3v) is 4.37. The van der Waals surface area contributed by atoms with E-state index < -0.39 is 0 Å². The van der Waals surface area contributed by atoms with Crippen molar-refractivity contribution in [3.05, 3.63) is 48.0 Å². The average Bonchev–Trinajstić information content (AvgIpc) is 3.05. The normalized spacial score (nSPS) is 15.0. The molecule has 1 saturated heterocycles. The van der Waals surface area contributed by atoms with Gasteiger partial charge in [0.15, 0.2) is 5.96 Å². The lowest BCUT2D eigenvalue weighted by atomic mass is 10.2. The van der Waals surface area contributed by atoms with Gasteiger partial charge >= 0.3 is 0 Å². The molecule has 3 rings (SSSR count). The number of anilines is 1. The molecule has 142 valence electrons. The van der Waals surface area contributed by atoms with Gasteiger partial charge in [0.25, 0.3) is 0 Å². The Hall–Kier alpha value is -1.84. The molecule has 1 aromatic carbocycles. The number of hydrogen-bond donors (Lipinski definition) is 1. The number of rotatable bonds is 4. The maximum Gasteiger partial charge on any atom is 0.193 e. The summed E-state index contributed by atoms with van der Waals surface area (Å²) in [5, 5.41) is 7.70. The van der Waals surface area contributed by atoms with Gasteiger partial charge in [0.1, 0.15) is 5.82 Å². The molecule has 0 amide bonds. The SMILES string of the molecule is CN=C(NCCn1cc(C)cn1)N1CCN(c2ccc(F)cc2)CC1.I. The number of piperazine rings is 1. The van der Waals surface area contributed by atoms with Crippen LogP contribution in [0.5, 0.6) is 0 Å². The summed E-state index contributed by atoms with van der Waals surface area (Å²) < 4.78 is 15.0. The summed E-state index contributed by atoms with van der Waals surface area (Å²) in [6, 6.07) is 6.70. The fourth-order valence-electron chi connectivity index (χ4n) is 3.03. The molecule has 0 unspecified atom stereocenters. The van der Waals surface area contributed by atoms with E-state index in [2.05, 4.69) is 25.2 Å². The molecule has 0 spiro atoms. The van der Waals surface area contributed by atoms with Gasteiger partial charge in [0.05, 0.1) is 12.7 Å². The Bertz CT molecular complexity index is 707. The standard InChI is InChI=1S/C18H25FN6.HI/c1-15-13-22-25(14-15)8-7-21-18(20-2)24-11-9-23(10-12-24)17-5-3-16(19)4-6-17;/h3-6,13-14H,7-12H2,1-2H3,(H,20,21);1H. The van der Waals surface area contributed by atoms with Crippen molar-refractivity contribution in [3.8, 4) is 0 Å². The van der Waals surface area contributed by atoms with Crippen LogP contribution in [-0.4, -0.2) is 60.4 Å². The first kappa shape index (κ1) is 20.5. The van der Waals surface area contributed by atoms with Crippen LogP contribution in [0.25, 0.3) is 0 Å². The fraction of sp³-hybridized carbons (Fsp3) is 0.444. The summed E-state index contributed by atoms with van der Waals surface area (Å²) in [6.07, 6.45) is 3.90. The molecule has 0 radical (unpaired) electrons. The van der Waals surface area contributed by atoms with Crippen LogP contribution in [-0.2, 0) is 6.54 Å². The number of nitrogens with zero attached hydrogens (tertiary/aromatic N) is 5. The Balaban J connectivity index is 0.00000243. The van der Waals surface area contributed by atoms with Crippen molar-refractivity contribution in [1.82, 2.24) is 20.0 Å². The predicted molar refractivity (Wildman–Crippen MR) is 114 cm³/mol. The van der Waals surface area contributed by atoms with Gasteiger partial charge in [-0.2, -0.15) is 5.10 Å². The Morgan fingerprint density at radius 3 is 2.46 bits per heavy atom. The first-order valence-corrected chi connectivity index (χ1v) is 8.61. The van der Waals surface area contributed by atoms with E-state index >= 15 is 0 Å². The molecule has 26 heavy (non-hydrogen) atoms. The van der Waals surface area contributed by atoms with Gasteiger partial charge in [-0.15, -0.1) is 24.0 Å². The molecule has 8 heteroatoms. The molecule has 2 aromatic rings. The van der Waals surface area contributed by atoms with Crippen LogP contribution in [0.1, 0.15) is 5.56 Å². The third kappa shape index (κ3) is 5.33. The van der Waals surface area contributed by atoms with Gasteiger partial charge in [-0.25, -0.2) is 4.39 Å². The smallest absolute Gasteiger partial charge is 0.193 e. The molecule has 1 N–H and O–H groups in total. The second kappa shape index (κ2) is 9.75. The van der Waals surface area contributed by atoms with Gasteiger partial charge in [-0.3, -0.25) is 9.67 Å². The van der Waals surface area contributed by atoms with Crippen LogP contribution in [0.15, 0.2) is 41.7 Å². The average molecular weight is 472 g/mol. The Morgan fingerprint density at radius 2 is 1.88 bits per heavy atom. The molecular formula is C18H26FIN6. The van der Waals surface area contributed by atoms with E-state index in [9.17, 15) is 4.39 Å². The fourth-order valence-corrected chi connectivity index (χ4v) is 3.03. The van der Waals surface area contributed by atoms with Gasteiger partial charge < -0.3 is 15.1 Å². The van der Waals surface area contributed by atoms with Gasteiger partial charge in [-0.1, -0.05) is 0 Å². The minimum absolute atomic E-state index is 0. The van der Waals surface area contributed by atoms with Crippen molar-refractivity contribution in [3.63, 3.8) is 0 Å². The highest BCUT2D eigenvalue weighted by Gasteiger charge is 2.19. The highest BCUT2D eigenvalue weighted by Crippen LogP contribution is 2.16. The summed E-state index contributed by atoms with van der Waals surface area (Å²) in [4.78, 5) is 8.92. The van der Waals surface area contributed by atoms with Crippen molar-refractivity contribution in [1.29, 1.82) is 0 Å². The Morgan fingerprint density at radius 1 is 1.19 bits per heavy atom. The third-order valence-electron chi connectivity index (χ3n) is 4.37. The first-order chi connectivity index (χ1) is 12.2. The number of aliphatic imine (C=N–C) groups is 1. The van der Waals surface area contributed by atoms with Crippen molar-refractivity contribution in [2.24, 2.45) is 4.99 Å². The second-order valence-electron chi connectivity index (χ2n) is 6.21. The number of nitrogens with one attached hydrogen (secondary N) is 1. The molecular weight excluding hydrogens is 446 g/mol. The number of hydrogen-bond acceptors (Lipinski definition) is 3. The minimum Gasteiger partial charge on any atom is -0.368 e. The molecule has 1 aliphatic rings. The lowest BCUT2D eigenvalue weighted by molar-refractivity contribution is 0.371. The first-order valence-electron chi connectivity index (χ1n) is 8.61. The van der Waals surface area contributed by atoms with Crippen LogP contribution in [0.4, 0.5) is 10.1 Å². The van der Waals surface area contributed by atoms with Crippen molar-refractivity contribution < 1.29 is 4.39 Å². The summed E-state index contributed by atoms with van der Waals surface area (Å²) >= 11 is 0. The zero-order valence-corrected chi connectivity index (χ0v) is 17.6. The predicted octanol–water partition coefficient (Wildman–Crippen LogP) is 2.35. The highest BCUT2D eigenvalue weighted by molar-refractivity contribution is 14.0. The van der Waals surface area contributed by atoms with E-state index in [1.165, 1.54) is 17.7 Å². The van der Waals surface area contributed by atoms with Gasteiger partial charge in [-0.05, 0) is 36.8 Å². The molecule has 0 bridgehead atoms. The summed E-state index contributed by atoms with van der Waals surface area (Å²) in [7, 11) is 1.81. The maximum absolute atomic E-state index is 13.1. The Kier molecular flexibility index (Phi) is 7.67. The van der Waals surface area contributed by atoms with Gasteiger partial charge in [0.2, 0.25) is 0 Å². The van der Waals surface area contributed by atoms with Crippen LogP contribution in [0.2, 0.25) is 0 Å². The number of aromatic nitrogens is 2. The Labute approximate surface area is 171 Å². The molecule has 6 nitrogen and oxygen atoms in total. The van der Waals surface area contributed by atoms with E-state index in [1.807, 2.05) is 43.2 Å². The maximum atomic E-state index is 13.1. The van der Waals surface area contributed by atoms with E-state index in [4.69, 9.17) is 0 Å². The van der Waals surface area contributed by atoms with Crippen LogP contribution in [0.3, 0.4) is 0 Å². The van der Waals surface area contributed by atoms with Crippen molar-refractivity contribution in [2.75, 3.05) is 44.7 Å². The number of guanidine groups is 1. The van der Waals surface area contributed by atoms with Crippen LogP contribution >= 0.6 is 24.0 Å². The van der Waals surface area contributed by atoms with Crippen LogP contribution < -0.4 is 10.2 Å². The molecule has 1 fully saturated rings. The van der Waals surface area contributed by atoms with E-state index in [0.717, 1.165) is 50.9 Å². The summed E-state index contributed by atoms with van der Waals surface area (Å²) in [5.74, 6) is 0.724. The van der Waals surface area contributed by atoms with E-state index in [1.54, 1.807) is 0 Å². The van der Waals surface area contributed by atoms with E-state index in [0.29, 0.717) is 0 Å². The lowest BCUT2D eigenvalue weighted by Crippen LogP contribution is -2.52. The summed E-state index contributed by atoms with van der Waals surface area (Å²) in [6.45, 7) is 7.19. The van der Waals surface area contributed by atoms with Gasteiger partial charge in [0, 0.05) is 51.7 Å². The zero-order valence-electron chi connectivity index (χ0n) is 15.2. The molecule has 0 atom stereocenters. The topological polar surface area (TPSA) is 48.7 Å². The molecule has 2 heterocycles. The molecule has 1 aromatic heterocycles. The minimum atomic E-state index is -0.195. The molecule has 0 saturated carbocycles.